The number of hydrogen-bond donors (Lipinski definition) is 2. The van der Waals surface area contributed by atoms with Crippen molar-refractivity contribution in [3.63, 3.8) is 0 Å². The predicted octanol–water partition coefficient (Wildman–Crippen LogP) is 2.69. The van der Waals surface area contributed by atoms with Crippen molar-refractivity contribution in [1.29, 1.82) is 0 Å². The number of benzene rings is 1. The number of amides is 1. The second kappa shape index (κ2) is 8.04. The number of carbonyl (C=O) groups excluding carboxylic acids is 1. The van der Waals surface area contributed by atoms with E-state index in [4.69, 9.17) is 10.5 Å². The Morgan fingerprint density at radius 1 is 1.29 bits per heavy atom. The van der Waals surface area contributed by atoms with Gasteiger partial charge in [0, 0.05) is 13.2 Å². The molecule has 1 fully saturated rings. The summed E-state index contributed by atoms with van der Waals surface area (Å²) < 4.78 is 45.4. The average Bonchev–Trinajstić information content (AvgIpc) is 2.47. The van der Waals surface area contributed by atoms with Crippen molar-refractivity contribution in [3.8, 4) is 5.75 Å². The lowest BCUT2D eigenvalue weighted by molar-refractivity contribution is -0.274. The second-order valence-electron chi connectivity index (χ2n) is 5.58. The summed E-state index contributed by atoms with van der Waals surface area (Å²) >= 11 is 0. The van der Waals surface area contributed by atoms with Gasteiger partial charge in [0.1, 0.15) is 5.75 Å². The maximum Gasteiger partial charge on any atom is 0.573 e. The van der Waals surface area contributed by atoms with Crippen LogP contribution < -0.4 is 15.8 Å². The normalized spacial score (nSPS) is 18.2. The fourth-order valence-corrected chi connectivity index (χ4v) is 2.34. The van der Waals surface area contributed by atoms with Gasteiger partial charge in [-0.3, -0.25) is 4.79 Å². The van der Waals surface area contributed by atoms with Gasteiger partial charge in [-0.05, 0) is 37.5 Å². The fraction of sp³-hybridized carbons (Fsp3) is 0.533. The third-order valence-electron chi connectivity index (χ3n) is 3.80. The van der Waals surface area contributed by atoms with Crippen molar-refractivity contribution in [2.75, 3.05) is 13.2 Å². The van der Waals surface area contributed by atoms with Gasteiger partial charge in [-0.1, -0.05) is 12.1 Å². The highest BCUT2D eigenvalue weighted by atomic mass is 35.5. The van der Waals surface area contributed by atoms with E-state index in [1.807, 2.05) is 0 Å². The maximum absolute atomic E-state index is 12.3. The molecule has 1 amide bonds. The minimum absolute atomic E-state index is 0. The molecule has 0 aliphatic carbocycles. The number of nitrogens with one attached hydrogen (secondary N) is 1. The van der Waals surface area contributed by atoms with Crippen LogP contribution in [-0.2, 0) is 9.53 Å². The van der Waals surface area contributed by atoms with E-state index >= 15 is 0 Å². The summed E-state index contributed by atoms with van der Waals surface area (Å²) in [6.45, 7) is 2.60. The molecule has 1 atom stereocenters. The van der Waals surface area contributed by atoms with Crippen LogP contribution in [0, 0.1) is 0 Å². The van der Waals surface area contributed by atoms with Gasteiger partial charge in [0.25, 0.3) is 0 Å². The number of hydrogen-bond acceptors (Lipinski definition) is 4. The van der Waals surface area contributed by atoms with Crippen LogP contribution in [0.15, 0.2) is 24.3 Å². The predicted molar refractivity (Wildman–Crippen MR) is 83.9 cm³/mol. The molecule has 3 N–H and O–H groups in total. The Morgan fingerprint density at radius 3 is 2.33 bits per heavy atom. The van der Waals surface area contributed by atoms with E-state index in [0.717, 1.165) is 0 Å². The van der Waals surface area contributed by atoms with Crippen LogP contribution in [0.1, 0.15) is 31.4 Å². The number of rotatable bonds is 4. The Kier molecular flexibility index (Phi) is 6.88. The van der Waals surface area contributed by atoms with Crippen molar-refractivity contribution in [1.82, 2.24) is 5.32 Å². The average molecular weight is 369 g/mol. The zero-order chi connectivity index (χ0) is 17.1. The third-order valence-corrected chi connectivity index (χ3v) is 3.80. The molecule has 1 aromatic carbocycles. The zero-order valence-corrected chi connectivity index (χ0v) is 13.9. The van der Waals surface area contributed by atoms with Crippen LogP contribution in [-0.4, -0.2) is 31.0 Å². The number of alkyl halides is 3. The molecular weight excluding hydrogens is 349 g/mol. The van der Waals surface area contributed by atoms with Crippen LogP contribution in [0.2, 0.25) is 0 Å². The van der Waals surface area contributed by atoms with Gasteiger partial charge in [-0.25, -0.2) is 0 Å². The molecule has 1 saturated heterocycles. The van der Waals surface area contributed by atoms with Gasteiger partial charge in [-0.15, -0.1) is 25.6 Å². The summed E-state index contributed by atoms with van der Waals surface area (Å²) in [4.78, 5) is 12.3. The van der Waals surface area contributed by atoms with E-state index in [-0.39, 0.29) is 30.1 Å². The molecule has 24 heavy (non-hydrogen) atoms. The van der Waals surface area contributed by atoms with Crippen LogP contribution in [0.25, 0.3) is 0 Å². The lowest BCUT2D eigenvalue weighted by Gasteiger charge is -2.33. The number of ether oxygens (including phenoxy) is 2. The Balaban J connectivity index is 0.00000288. The van der Waals surface area contributed by atoms with Crippen molar-refractivity contribution in [3.05, 3.63) is 29.8 Å². The summed E-state index contributed by atoms with van der Waals surface area (Å²) in [6.07, 6.45) is -3.86. The molecule has 1 aliphatic rings. The molecule has 0 bridgehead atoms. The monoisotopic (exact) mass is 368 g/mol. The first-order valence-electron chi connectivity index (χ1n) is 7.23. The lowest BCUT2D eigenvalue weighted by Crippen LogP contribution is -2.57. The highest BCUT2D eigenvalue weighted by molar-refractivity contribution is 5.86. The van der Waals surface area contributed by atoms with Gasteiger partial charge >= 0.3 is 6.36 Å². The summed E-state index contributed by atoms with van der Waals surface area (Å²) in [5.74, 6) is -0.594. The van der Waals surface area contributed by atoms with Gasteiger partial charge < -0.3 is 20.5 Å². The molecular formula is C15H20ClF3N2O3. The van der Waals surface area contributed by atoms with Crippen molar-refractivity contribution in [2.24, 2.45) is 5.73 Å². The number of halogens is 4. The van der Waals surface area contributed by atoms with Gasteiger partial charge in [0.2, 0.25) is 5.91 Å². The molecule has 0 radical (unpaired) electrons. The van der Waals surface area contributed by atoms with Crippen molar-refractivity contribution < 1.29 is 27.4 Å². The molecule has 0 saturated carbocycles. The highest BCUT2D eigenvalue weighted by Gasteiger charge is 2.36. The molecule has 1 aromatic rings. The Morgan fingerprint density at radius 2 is 1.83 bits per heavy atom. The van der Waals surface area contributed by atoms with E-state index in [1.54, 1.807) is 6.92 Å². The summed E-state index contributed by atoms with van der Waals surface area (Å²) in [7, 11) is 0. The van der Waals surface area contributed by atoms with Gasteiger partial charge in [0.05, 0.1) is 11.6 Å². The van der Waals surface area contributed by atoms with E-state index in [0.29, 0.717) is 31.6 Å². The quantitative estimate of drug-likeness (QED) is 0.857. The summed E-state index contributed by atoms with van der Waals surface area (Å²) in [5, 5.41) is 2.79. The number of carbonyl (C=O) groups is 1. The standard InChI is InChI=1S/C15H19F3N2O3.ClH/c1-10(20-13(21)14(19)6-8-22-9-7-14)11-2-4-12(5-3-11)23-15(16,17)18;/h2-5,10H,6-9,19H2,1H3,(H,20,21);1H. The second-order valence-corrected chi connectivity index (χ2v) is 5.58. The Bertz CT molecular complexity index is 546. The van der Waals surface area contributed by atoms with E-state index in [1.165, 1.54) is 24.3 Å². The molecule has 136 valence electrons. The van der Waals surface area contributed by atoms with E-state index in [9.17, 15) is 18.0 Å². The van der Waals surface area contributed by atoms with Crippen molar-refractivity contribution >= 4 is 18.3 Å². The zero-order valence-electron chi connectivity index (χ0n) is 13.1. The van der Waals surface area contributed by atoms with Crippen LogP contribution in [0.5, 0.6) is 5.75 Å². The molecule has 1 unspecified atom stereocenters. The smallest absolute Gasteiger partial charge is 0.406 e. The van der Waals surface area contributed by atoms with Gasteiger partial charge in [-0.2, -0.15) is 0 Å². The largest absolute Gasteiger partial charge is 0.573 e. The van der Waals surface area contributed by atoms with Crippen LogP contribution in [0.4, 0.5) is 13.2 Å². The molecule has 0 spiro atoms. The highest BCUT2D eigenvalue weighted by Crippen LogP contribution is 2.25. The molecule has 9 heteroatoms. The first-order chi connectivity index (χ1) is 10.7. The van der Waals surface area contributed by atoms with Crippen LogP contribution in [0.3, 0.4) is 0 Å². The fourth-order valence-electron chi connectivity index (χ4n) is 2.34. The first kappa shape index (κ1) is 20.5. The topological polar surface area (TPSA) is 73.6 Å². The molecule has 1 aliphatic heterocycles. The number of nitrogens with two attached hydrogens (primary N) is 1. The van der Waals surface area contributed by atoms with Gasteiger partial charge in [0.15, 0.2) is 0 Å². The summed E-state index contributed by atoms with van der Waals surface area (Å²) in [6, 6.07) is 4.97. The summed E-state index contributed by atoms with van der Waals surface area (Å²) in [5.41, 5.74) is 5.78. The van der Waals surface area contributed by atoms with Crippen LogP contribution >= 0.6 is 12.4 Å². The minimum atomic E-state index is -4.73. The third kappa shape index (κ3) is 5.54. The Hall–Kier alpha value is -1.51. The molecule has 0 aromatic heterocycles. The molecule has 1 heterocycles. The first-order valence-corrected chi connectivity index (χ1v) is 7.23. The van der Waals surface area contributed by atoms with E-state index in [2.05, 4.69) is 10.1 Å². The maximum atomic E-state index is 12.3. The Labute approximate surface area is 144 Å². The SMILES string of the molecule is CC(NC(=O)C1(N)CCOCC1)c1ccc(OC(F)(F)F)cc1.Cl. The van der Waals surface area contributed by atoms with Crippen molar-refractivity contribution in [2.45, 2.75) is 37.7 Å². The lowest BCUT2D eigenvalue weighted by atomic mass is 9.90. The molecule has 5 nitrogen and oxygen atoms in total. The van der Waals surface area contributed by atoms with E-state index < -0.39 is 11.9 Å². The molecule has 2 rings (SSSR count). The minimum Gasteiger partial charge on any atom is -0.406 e.